The zero-order valence-corrected chi connectivity index (χ0v) is 24.3. The van der Waals surface area contributed by atoms with Gasteiger partial charge < -0.3 is 14.7 Å². The smallest absolute Gasteiger partial charge is 0.261 e. The van der Waals surface area contributed by atoms with Gasteiger partial charge in [0.1, 0.15) is 5.82 Å². The van der Waals surface area contributed by atoms with Gasteiger partial charge in [-0.1, -0.05) is 111 Å². The Morgan fingerprint density at radius 3 is 2.03 bits per heavy atom. The van der Waals surface area contributed by atoms with Crippen LogP contribution in [0.3, 0.4) is 0 Å². The maximum Gasteiger partial charge on any atom is 0.261 e. The van der Waals surface area contributed by atoms with Crippen molar-refractivity contribution in [2.24, 2.45) is 0 Å². The zero-order chi connectivity index (χ0) is 26.8. The molecule has 37 heavy (non-hydrogen) atoms. The van der Waals surface area contributed by atoms with Gasteiger partial charge in [0.2, 0.25) is 5.91 Å². The second-order valence-electron chi connectivity index (χ2n) is 10.2. The standard InChI is InChI=1S/C30H32Cl2N2O2Si/c1-20-18-33-29(34-21(2)35)27(20)24-16-17-26(31)25(28(24)32)19-36-37(30(3,4)5,22-12-8-6-9-13-22)23-14-10-7-11-15-23/h6-18,33H,19H2,1-5H3,(H,34,35). The van der Waals surface area contributed by atoms with Crippen LogP contribution in [0, 0.1) is 6.92 Å². The van der Waals surface area contributed by atoms with Gasteiger partial charge in [-0.05, 0) is 34.0 Å². The predicted octanol–water partition coefficient (Wildman–Crippen LogP) is 7.33. The highest BCUT2D eigenvalue weighted by molar-refractivity contribution is 6.99. The lowest BCUT2D eigenvalue weighted by Gasteiger charge is -2.43. The van der Waals surface area contributed by atoms with E-state index in [4.69, 9.17) is 27.6 Å². The van der Waals surface area contributed by atoms with E-state index in [2.05, 4.69) is 79.6 Å². The van der Waals surface area contributed by atoms with Crippen molar-refractivity contribution >= 4 is 53.6 Å². The Morgan fingerprint density at radius 1 is 0.946 bits per heavy atom. The average molecular weight is 552 g/mol. The summed E-state index contributed by atoms with van der Waals surface area (Å²) in [4.78, 5) is 14.9. The lowest BCUT2D eigenvalue weighted by atomic mass is 10.0. The summed E-state index contributed by atoms with van der Waals surface area (Å²) >= 11 is 13.8. The molecule has 4 rings (SSSR count). The van der Waals surface area contributed by atoms with E-state index in [0.29, 0.717) is 15.9 Å². The molecule has 0 bridgehead atoms. The van der Waals surface area contributed by atoms with Crippen molar-refractivity contribution < 1.29 is 9.22 Å². The summed E-state index contributed by atoms with van der Waals surface area (Å²) in [5.41, 5.74) is 3.31. The SMILES string of the molecule is CC(=O)Nc1[nH]cc(C)c1-c1ccc(Cl)c(CO[Si](c2ccccc2)(c2ccccc2)C(C)(C)C)c1Cl. The van der Waals surface area contributed by atoms with Gasteiger partial charge in [0, 0.05) is 34.8 Å². The van der Waals surface area contributed by atoms with Crippen LogP contribution >= 0.6 is 23.2 Å². The Balaban J connectivity index is 1.83. The van der Waals surface area contributed by atoms with Crippen LogP contribution < -0.4 is 15.7 Å². The normalized spacial score (nSPS) is 12.0. The molecule has 0 aliphatic rings. The average Bonchev–Trinajstić information content (AvgIpc) is 3.20. The molecule has 3 aromatic carbocycles. The zero-order valence-electron chi connectivity index (χ0n) is 21.8. The van der Waals surface area contributed by atoms with Crippen LogP contribution in [0.4, 0.5) is 5.82 Å². The minimum absolute atomic E-state index is 0.163. The molecule has 0 radical (unpaired) electrons. The van der Waals surface area contributed by atoms with E-state index in [1.165, 1.54) is 17.3 Å². The Labute approximate surface area is 230 Å². The molecule has 192 valence electrons. The van der Waals surface area contributed by atoms with E-state index < -0.39 is 8.32 Å². The third-order valence-electron chi connectivity index (χ3n) is 6.68. The Kier molecular flexibility index (Phi) is 8.00. The van der Waals surface area contributed by atoms with Crippen LogP contribution in [0.25, 0.3) is 11.1 Å². The van der Waals surface area contributed by atoms with Gasteiger partial charge in [-0.3, -0.25) is 4.79 Å². The molecule has 0 aliphatic heterocycles. The summed E-state index contributed by atoms with van der Waals surface area (Å²) in [6, 6.07) is 24.7. The number of carbonyl (C=O) groups excluding carboxylic acids is 1. The highest BCUT2D eigenvalue weighted by atomic mass is 35.5. The van der Waals surface area contributed by atoms with Gasteiger partial charge >= 0.3 is 0 Å². The fourth-order valence-electron chi connectivity index (χ4n) is 5.01. The number of amides is 1. The van der Waals surface area contributed by atoms with Crippen molar-refractivity contribution in [1.29, 1.82) is 0 Å². The first kappa shape index (κ1) is 27.2. The molecule has 4 aromatic rings. The number of halogens is 2. The van der Waals surface area contributed by atoms with Crippen LogP contribution in [0.15, 0.2) is 79.0 Å². The Hall–Kier alpha value is -2.83. The quantitative estimate of drug-likeness (QED) is 0.236. The second-order valence-corrected chi connectivity index (χ2v) is 15.3. The molecule has 2 N–H and O–H groups in total. The topological polar surface area (TPSA) is 54.1 Å². The summed E-state index contributed by atoms with van der Waals surface area (Å²) in [7, 11) is -2.79. The van der Waals surface area contributed by atoms with Crippen molar-refractivity contribution in [2.45, 2.75) is 46.3 Å². The summed E-state index contributed by atoms with van der Waals surface area (Å²) in [6.07, 6.45) is 1.85. The number of aryl methyl sites for hydroxylation is 1. The predicted molar refractivity (Wildman–Crippen MR) is 158 cm³/mol. The fraction of sp³-hybridized carbons (Fsp3) is 0.233. The Morgan fingerprint density at radius 2 is 1.51 bits per heavy atom. The van der Waals surface area contributed by atoms with Crippen LogP contribution in [-0.4, -0.2) is 19.2 Å². The second kappa shape index (κ2) is 10.9. The van der Waals surface area contributed by atoms with Crippen molar-refractivity contribution in [2.75, 3.05) is 5.32 Å². The molecule has 0 spiro atoms. The van der Waals surface area contributed by atoms with Crippen LogP contribution in [0.5, 0.6) is 0 Å². The molecule has 7 heteroatoms. The number of H-pyrrole nitrogens is 1. The number of anilines is 1. The molecule has 0 aliphatic carbocycles. The van der Waals surface area contributed by atoms with Gasteiger partial charge in [-0.2, -0.15) is 0 Å². The molecule has 0 atom stereocenters. The van der Waals surface area contributed by atoms with Gasteiger partial charge in [0.15, 0.2) is 0 Å². The van der Waals surface area contributed by atoms with Crippen LogP contribution in [-0.2, 0) is 15.8 Å². The van der Waals surface area contributed by atoms with Gasteiger partial charge in [-0.25, -0.2) is 0 Å². The molecule has 0 saturated heterocycles. The fourth-order valence-corrected chi connectivity index (χ4v) is 10.1. The molecule has 4 nitrogen and oxygen atoms in total. The number of hydrogen-bond donors (Lipinski definition) is 2. The van der Waals surface area contributed by atoms with E-state index in [1.807, 2.05) is 37.4 Å². The van der Waals surface area contributed by atoms with E-state index in [-0.39, 0.29) is 17.6 Å². The maximum absolute atomic E-state index is 11.8. The van der Waals surface area contributed by atoms with Gasteiger partial charge in [0.25, 0.3) is 8.32 Å². The molecule has 0 unspecified atom stereocenters. The van der Waals surface area contributed by atoms with Crippen molar-refractivity contribution in [1.82, 2.24) is 4.98 Å². The van der Waals surface area contributed by atoms with Crippen LogP contribution in [0.2, 0.25) is 15.1 Å². The van der Waals surface area contributed by atoms with E-state index in [0.717, 1.165) is 22.3 Å². The summed E-state index contributed by atoms with van der Waals surface area (Å²) in [5, 5.41) is 6.11. The summed E-state index contributed by atoms with van der Waals surface area (Å²) < 4.78 is 7.10. The molecule has 0 fully saturated rings. The van der Waals surface area contributed by atoms with Crippen molar-refractivity contribution in [3.63, 3.8) is 0 Å². The number of carbonyl (C=O) groups is 1. The monoisotopic (exact) mass is 550 g/mol. The lowest BCUT2D eigenvalue weighted by molar-refractivity contribution is -0.114. The molecule has 1 aromatic heterocycles. The van der Waals surface area contributed by atoms with Gasteiger partial charge in [-0.15, -0.1) is 0 Å². The molecular formula is C30H32Cl2N2O2Si. The Bertz CT molecular complexity index is 1360. The third kappa shape index (κ3) is 5.27. The first-order valence-electron chi connectivity index (χ1n) is 12.2. The number of hydrogen-bond acceptors (Lipinski definition) is 2. The van der Waals surface area contributed by atoms with Crippen LogP contribution in [0.1, 0.15) is 38.8 Å². The minimum Gasteiger partial charge on any atom is -0.403 e. The number of aromatic nitrogens is 1. The number of aromatic amines is 1. The minimum atomic E-state index is -2.79. The summed E-state index contributed by atoms with van der Waals surface area (Å²) in [5.74, 6) is 0.441. The first-order chi connectivity index (χ1) is 17.6. The van der Waals surface area contributed by atoms with E-state index in [9.17, 15) is 4.79 Å². The first-order valence-corrected chi connectivity index (χ1v) is 14.9. The van der Waals surface area contributed by atoms with Crippen molar-refractivity contribution in [3.8, 4) is 11.1 Å². The molecule has 1 amide bonds. The number of benzene rings is 3. The van der Waals surface area contributed by atoms with Gasteiger partial charge in [0.05, 0.1) is 11.6 Å². The highest BCUT2D eigenvalue weighted by Gasteiger charge is 2.50. The van der Waals surface area contributed by atoms with Crippen molar-refractivity contribution in [3.05, 3.63) is 100 Å². The molecule has 1 heterocycles. The highest BCUT2D eigenvalue weighted by Crippen LogP contribution is 2.42. The lowest BCUT2D eigenvalue weighted by Crippen LogP contribution is -2.66. The van der Waals surface area contributed by atoms with E-state index in [1.54, 1.807) is 0 Å². The van der Waals surface area contributed by atoms with E-state index >= 15 is 0 Å². The maximum atomic E-state index is 11.8. The largest absolute Gasteiger partial charge is 0.403 e. The third-order valence-corrected chi connectivity index (χ3v) is 12.5. The molecular weight excluding hydrogens is 519 g/mol. The number of rotatable bonds is 7. The number of nitrogens with one attached hydrogen (secondary N) is 2. The molecule has 0 saturated carbocycles. The summed E-state index contributed by atoms with van der Waals surface area (Å²) in [6.45, 7) is 10.4.